The summed E-state index contributed by atoms with van der Waals surface area (Å²) >= 11 is 6.11. The topological polar surface area (TPSA) is 122 Å². The predicted octanol–water partition coefficient (Wildman–Crippen LogP) is 3.26. The lowest BCUT2D eigenvalue weighted by molar-refractivity contribution is -0.384. The number of sulfonamides is 1. The summed E-state index contributed by atoms with van der Waals surface area (Å²) in [6.45, 7) is 2.36. The van der Waals surface area contributed by atoms with Crippen LogP contribution in [-0.2, 0) is 16.6 Å². The van der Waals surface area contributed by atoms with Gasteiger partial charge in [0.1, 0.15) is 5.69 Å². The first-order valence-corrected chi connectivity index (χ1v) is 11.6. The number of amides is 1. The highest BCUT2D eigenvalue weighted by molar-refractivity contribution is 7.89. The van der Waals surface area contributed by atoms with Gasteiger partial charge in [0.15, 0.2) is 0 Å². The molecule has 0 bridgehead atoms. The van der Waals surface area contributed by atoms with E-state index in [1.807, 2.05) is 12.1 Å². The van der Waals surface area contributed by atoms with Gasteiger partial charge in [-0.05, 0) is 37.1 Å². The van der Waals surface area contributed by atoms with Gasteiger partial charge in [-0.25, -0.2) is 12.7 Å². The number of anilines is 1. The fraction of sp³-hybridized carbons (Fsp3) is 0.350. The smallest absolute Gasteiger partial charge is 0.293 e. The molecule has 0 aliphatic carbocycles. The minimum absolute atomic E-state index is 0.0103. The van der Waals surface area contributed by atoms with E-state index in [-0.39, 0.29) is 35.8 Å². The van der Waals surface area contributed by atoms with Gasteiger partial charge in [-0.15, -0.1) is 0 Å². The Morgan fingerprint density at radius 2 is 1.94 bits per heavy atom. The third-order valence-corrected chi connectivity index (χ3v) is 6.89. The van der Waals surface area contributed by atoms with Crippen LogP contribution < -0.4 is 10.6 Å². The average Bonchev–Trinajstić information content (AvgIpc) is 2.75. The number of halogens is 1. The number of carbonyl (C=O) groups excluding carboxylic acids is 1. The molecule has 0 unspecified atom stereocenters. The number of benzene rings is 2. The maximum atomic E-state index is 12.3. The van der Waals surface area contributed by atoms with E-state index in [1.165, 1.54) is 29.6 Å². The minimum atomic E-state index is -3.27. The van der Waals surface area contributed by atoms with E-state index in [2.05, 4.69) is 10.6 Å². The van der Waals surface area contributed by atoms with E-state index in [0.29, 0.717) is 18.0 Å². The second-order valence-corrected chi connectivity index (χ2v) is 9.54. The van der Waals surface area contributed by atoms with Gasteiger partial charge >= 0.3 is 0 Å². The second kappa shape index (κ2) is 11.1. The van der Waals surface area contributed by atoms with Gasteiger partial charge in [-0.1, -0.05) is 29.8 Å². The Labute approximate surface area is 186 Å². The molecule has 1 amide bonds. The van der Waals surface area contributed by atoms with Crippen LogP contribution in [0.4, 0.5) is 11.4 Å². The molecular weight excluding hydrogens is 444 g/mol. The number of nitro benzene ring substituents is 1. The van der Waals surface area contributed by atoms with Crippen molar-refractivity contribution in [3.8, 4) is 0 Å². The molecule has 11 heteroatoms. The van der Waals surface area contributed by atoms with Gasteiger partial charge in [0, 0.05) is 43.3 Å². The largest absolute Gasteiger partial charge is 0.375 e. The highest BCUT2D eigenvalue weighted by atomic mass is 35.5. The van der Waals surface area contributed by atoms with Gasteiger partial charge in [0.2, 0.25) is 10.0 Å². The maximum Gasteiger partial charge on any atom is 0.293 e. The molecule has 0 aromatic heterocycles. The molecule has 0 radical (unpaired) electrons. The molecule has 168 valence electrons. The van der Waals surface area contributed by atoms with Crippen molar-refractivity contribution in [2.75, 3.05) is 31.2 Å². The number of nitrogens with zero attached hydrogens (tertiary/aromatic N) is 2. The van der Waals surface area contributed by atoms with Gasteiger partial charge in [0.05, 0.1) is 10.7 Å². The van der Waals surface area contributed by atoms with E-state index in [4.69, 9.17) is 11.6 Å². The van der Waals surface area contributed by atoms with Crippen molar-refractivity contribution >= 4 is 38.9 Å². The van der Waals surface area contributed by atoms with Gasteiger partial charge in [-0.3, -0.25) is 14.9 Å². The summed E-state index contributed by atoms with van der Waals surface area (Å²) in [6.07, 6.45) is 0.418. The van der Waals surface area contributed by atoms with Crippen molar-refractivity contribution < 1.29 is 18.1 Å². The second-order valence-electron chi connectivity index (χ2n) is 6.77. The lowest BCUT2D eigenvalue weighted by Gasteiger charge is -2.15. The fourth-order valence-corrected chi connectivity index (χ4v) is 3.82. The van der Waals surface area contributed by atoms with Crippen molar-refractivity contribution in [1.29, 1.82) is 0 Å². The van der Waals surface area contributed by atoms with Crippen LogP contribution in [0.5, 0.6) is 0 Å². The summed E-state index contributed by atoms with van der Waals surface area (Å²) in [4.78, 5) is 23.3. The average molecular weight is 469 g/mol. The maximum absolute atomic E-state index is 12.3. The van der Waals surface area contributed by atoms with Gasteiger partial charge in [-0.2, -0.15) is 0 Å². The number of carbonyl (C=O) groups is 1. The Morgan fingerprint density at radius 3 is 2.58 bits per heavy atom. The van der Waals surface area contributed by atoms with Crippen molar-refractivity contribution in [3.05, 3.63) is 68.7 Å². The first-order valence-electron chi connectivity index (χ1n) is 9.63. The quantitative estimate of drug-likeness (QED) is 0.296. The Bertz CT molecular complexity index is 1050. The van der Waals surface area contributed by atoms with Crippen molar-refractivity contribution in [2.24, 2.45) is 0 Å². The monoisotopic (exact) mass is 468 g/mol. The summed E-state index contributed by atoms with van der Waals surface area (Å²) < 4.78 is 24.7. The number of nitrogens with one attached hydrogen (secondary N) is 2. The molecule has 0 aliphatic rings. The first kappa shape index (κ1) is 24.6. The van der Waals surface area contributed by atoms with Crippen LogP contribution in [0.25, 0.3) is 0 Å². The molecule has 0 fully saturated rings. The zero-order valence-corrected chi connectivity index (χ0v) is 18.9. The number of rotatable bonds is 11. The van der Waals surface area contributed by atoms with Crippen LogP contribution in [0.15, 0.2) is 42.5 Å². The van der Waals surface area contributed by atoms with E-state index < -0.39 is 20.9 Å². The molecule has 2 N–H and O–H groups in total. The zero-order valence-electron chi connectivity index (χ0n) is 17.3. The van der Waals surface area contributed by atoms with E-state index in [0.717, 1.165) is 5.56 Å². The molecule has 2 aromatic rings. The van der Waals surface area contributed by atoms with Crippen LogP contribution in [-0.4, -0.2) is 49.4 Å². The Hall–Kier alpha value is -2.69. The Balaban J connectivity index is 1.99. The highest BCUT2D eigenvalue weighted by Crippen LogP contribution is 2.27. The summed E-state index contributed by atoms with van der Waals surface area (Å²) in [5.41, 5.74) is 0.973. The molecule has 0 spiro atoms. The van der Waals surface area contributed by atoms with Crippen LogP contribution in [0.1, 0.15) is 29.3 Å². The van der Waals surface area contributed by atoms with Gasteiger partial charge in [0.25, 0.3) is 11.6 Å². The third-order valence-electron chi connectivity index (χ3n) is 4.66. The predicted molar refractivity (Wildman–Crippen MR) is 121 cm³/mol. The molecule has 0 saturated carbocycles. The molecule has 0 atom stereocenters. The van der Waals surface area contributed by atoms with Crippen LogP contribution in [0, 0.1) is 10.1 Å². The Morgan fingerprint density at radius 1 is 1.23 bits per heavy atom. The number of nitro groups is 1. The molecule has 0 saturated heterocycles. The number of hydrogen-bond acceptors (Lipinski definition) is 6. The zero-order chi connectivity index (χ0) is 23.0. The first-order chi connectivity index (χ1) is 14.7. The molecule has 2 rings (SSSR count). The standard InChI is InChI=1S/C20H25ClN4O5S/c1-3-31(29,30)24(2)12-6-11-22-20(26)15-9-10-18(19(13-15)25(27)28)23-14-16-7-4-5-8-17(16)21/h4-5,7-10,13,23H,3,6,11-12,14H2,1-2H3,(H,22,26). The SMILES string of the molecule is CCS(=O)(=O)N(C)CCCNC(=O)c1ccc(NCc2ccccc2Cl)c([N+](=O)[O-])c1. The minimum Gasteiger partial charge on any atom is -0.375 e. The van der Waals surface area contributed by atoms with E-state index in [9.17, 15) is 23.3 Å². The van der Waals surface area contributed by atoms with E-state index >= 15 is 0 Å². The normalized spacial score (nSPS) is 11.4. The summed E-state index contributed by atoms with van der Waals surface area (Å²) in [5.74, 6) is -0.460. The molecule has 0 aliphatic heterocycles. The Kier molecular flexibility index (Phi) is 8.78. The van der Waals surface area contributed by atoms with Crippen molar-refractivity contribution in [2.45, 2.75) is 19.9 Å². The molecule has 31 heavy (non-hydrogen) atoms. The molecular formula is C20H25ClN4O5S. The summed E-state index contributed by atoms with van der Waals surface area (Å²) in [5, 5.41) is 17.7. The van der Waals surface area contributed by atoms with Gasteiger partial charge < -0.3 is 10.6 Å². The lowest BCUT2D eigenvalue weighted by atomic mass is 10.1. The van der Waals surface area contributed by atoms with Crippen LogP contribution >= 0.6 is 11.6 Å². The molecule has 2 aromatic carbocycles. The van der Waals surface area contributed by atoms with Crippen molar-refractivity contribution in [3.63, 3.8) is 0 Å². The molecule has 0 heterocycles. The van der Waals surface area contributed by atoms with Crippen LogP contribution in [0.2, 0.25) is 5.02 Å². The summed E-state index contributed by atoms with van der Waals surface area (Å²) in [6, 6.07) is 11.3. The molecule has 9 nitrogen and oxygen atoms in total. The highest BCUT2D eigenvalue weighted by Gasteiger charge is 2.18. The fourth-order valence-electron chi connectivity index (χ4n) is 2.77. The van der Waals surface area contributed by atoms with Crippen molar-refractivity contribution in [1.82, 2.24) is 9.62 Å². The third kappa shape index (κ3) is 6.91. The lowest BCUT2D eigenvalue weighted by Crippen LogP contribution is -2.32. The van der Waals surface area contributed by atoms with E-state index in [1.54, 1.807) is 19.1 Å². The van der Waals surface area contributed by atoms with Crippen LogP contribution in [0.3, 0.4) is 0 Å². The summed E-state index contributed by atoms with van der Waals surface area (Å²) in [7, 11) is -1.78. The number of hydrogen-bond donors (Lipinski definition) is 2.